The van der Waals surface area contributed by atoms with Crippen molar-refractivity contribution in [1.82, 2.24) is 4.72 Å². The Morgan fingerprint density at radius 3 is 2.85 bits per heavy atom. The second kappa shape index (κ2) is 7.11. The van der Waals surface area contributed by atoms with Gasteiger partial charge in [-0.15, -0.1) is 0 Å². The minimum absolute atomic E-state index is 0.131. The number of sulfonamides is 1. The Bertz CT molecular complexity index is 587. The van der Waals surface area contributed by atoms with Crippen LogP contribution in [0.1, 0.15) is 30.4 Å². The van der Waals surface area contributed by atoms with Gasteiger partial charge in [-0.1, -0.05) is 24.6 Å². The summed E-state index contributed by atoms with van der Waals surface area (Å²) in [5.74, 6) is 0.984. The fourth-order valence-electron chi connectivity index (χ4n) is 2.20. The van der Waals surface area contributed by atoms with Crippen LogP contribution >= 0.6 is 11.8 Å². The lowest BCUT2D eigenvalue weighted by Crippen LogP contribution is -2.32. The van der Waals surface area contributed by atoms with Gasteiger partial charge in [0, 0.05) is 11.8 Å². The van der Waals surface area contributed by atoms with E-state index in [1.54, 1.807) is 24.3 Å². The number of hydrogen-bond donors (Lipinski definition) is 1. The first-order valence-corrected chi connectivity index (χ1v) is 9.38. The molecule has 1 fully saturated rings. The summed E-state index contributed by atoms with van der Waals surface area (Å²) in [6, 6.07) is 8.85. The van der Waals surface area contributed by atoms with Crippen LogP contribution in [0.25, 0.3) is 0 Å². The van der Waals surface area contributed by atoms with E-state index in [0.29, 0.717) is 22.9 Å². The lowest BCUT2D eigenvalue weighted by molar-refractivity contribution is 0.573. The molecule has 20 heavy (non-hydrogen) atoms. The Labute approximate surface area is 124 Å². The van der Waals surface area contributed by atoms with Gasteiger partial charge < -0.3 is 0 Å². The Morgan fingerprint density at radius 1 is 1.35 bits per heavy atom. The zero-order chi connectivity index (χ0) is 14.4. The van der Waals surface area contributed by atoms with Crippen molar-refractivity contribution in [1.29, 1.82) is 5.26 Å². The van der Waals surface area contributed by atoms with Crippen LogP contribution in [0, 0.1) is 11.3 Å². The highest BCUT2D eigenvalue weighted by molar-refractivity contribution is 8.00. The van der Waals surface area contributed by atoms with Gasteiger partial charge in [-0.05, 0) is 30.2 Å². The van der Waals surface area contributed by atoms with Crippen molar-refractivity contribution < 1.29 is 8.42 Å². The molecule has 108 valence electrons. The zero-order valence-corrected chi connectivity index (χ0v) is 12.8. The van der Waals surface area contributed by atoms with Gasteiger partial charge in [0.25, 0.3) is 0 Å². The Morgan fingerprint density at radius 2 is 2.15 bits per heavy atom. The molecule has 1 aliphatic rings. The van der Waals surface area contributed by atoms with Crippen LogP contribution in [-0.4, -0.2) is 26.0 Å². The van der Waals surface area contributed by atoms with E-state index in [0.717, 1.165) is 12.2 Å². The fraction of sp³-hybridized carbons (Fsp3) is 0.500. The summed E-state index contributed by atoms with van der Waals surface area (Å²) in [6.07, 6.45) is 3.47. The molecule has 6 heteroatoms. The van der Waals surface area contributed by atoms with Gasteiger partial charge in [0.15, 0.2) is 0 Å². The molecular formula is C14H18N2O2S2. The molecule has 0 amide bonds. The monoisotopic (exact) mass is 310 g/mol. The van der Waals surface area contributed by atoms with Crippen LogP contribution in [0.4, 0.5) is 0 Å². The van der Waals surface area contributed by atoms with Crippen molar-refractivity contribution in [3.05, 3.63) is 35.4 Å². The highest BCUT2D eigenvalue weighted by atomic mass is 32.2. The molecule has 0 saturated carbocycles. The second-order valence-corrected chi connectivity index (χ2v) is 8.08. The van der Waals surface area contributed by atoms with Crippen LogP contribution in [0.5, 0.6) is 0 Å². The molecule has 1 saturated heterocycles. The van der Waals surface area contributed by atoms with Crippen LogP contribution in [0.3, 0.4) is 0 Å². The predicted molar refractivity (Wildman–Crippen MR) is 81.9 cm³/mol. The van der Waals surface area contributed by atoms with Crippen molar-refractivity contribution in [3.8, 4) is 6.07 Å². The largest absolute Gasteiger partial charge is 0.215 e. The molecule has 1 N–H and O–H groups in total. The molecule has 0 radical (unpaired) electrons. The third-order valence-corrected chi connectivity index (χ3v) is 5.98. The minimum Gasteiger partial charge on any atom is -0.214 e. The molecule has 1 aromatic rings. The predicted octanol–water partition coefficient (Wildman–Crippen LogP) is 2.26. The van der Waals surface area contributed by atoms with Crippen LogP contribution in [-0.2, 0) is 15.8 Å². The maximum atomic E-state index is 12.1. The lowest BCUT2D eigenvalue weighted by atomic mass is 10.1. The summed E-state index contributed by atoms with van der Waals surface area (Å²) in [5, 5.41) is 9.36. The van der Waals surface area contributed by atoms with Gasteiger partial charge in [0.2, 0.25) is 10.0 Å². The molecule has 1 aromatic carbocycles. The first-order chi connectivity index (χ1) is 9.61. The van der Waals surface area contributed by atoms with Crippen LogP contribution < -0.4 is 4.72 Å². The molecule has 0 aromatic heterocycles. The first kappa shape index (κ1) is 15.4. The van der Waals surface area contributed by atoms with Crippen LogP contribution in [0.15, 0.2) is 24.3 Å². The highest BCUT2D eigenvalue weighted by Crippen LogP contribution is 2.24. The van der Waals surface area contributed by atoms with Crippen LogP contribution in [0.2, 0.25) is 0 Å². The van der Waals surface area contributed by atoms with Crippen molar-refractivity contribution >= 4 is 21.8 Å². The van der Waals surface area contributed by atoms with E-state index in [9.17, 15) is 8.42 Å². The van der Waals surface area contributed by atoms with E-state index < -0.39 is 10.0 Å². The molecule has 0 aliphatic carbocycles. The Balaban J connectivity index is 1.95. The average molecular weight is 310 g/mol. The third-order valence-electron chi connectivity index (χ3n) is 3.29. The molecule has 1 heterocycles. The van der Waals surface area contributed by atoms with E-state index in [2.05, 4.69) is 4.72 Å². The van der Waals surface area contributed by atoms with Gasteiger partial charge >= 0.3 is 0 Å². The van der Waals surface area contributed by atoms with E-state index >= 15 is 0 Å². The second-order valence-electron chi connectivity index (χ2n) is 4.87. The van der Waals surface area contributed by atoms with Gasteiger partial charge in [0.1, 0.15) is 0 Å². The first-order valence-electron chi connectivity index (χ1n) is 6.68. The van der Waals surface area contributed by atoms with Crippen molar-refractivity contribution in [3.63, 3.8) is 0 Å². The Hall–Kier alpha value is -1.03. The summed E-state index contributed by atoms with van der Waals surface area (Å²) in [4.78, 5) is 0. The standard InChI is InChI=1S/C14H18N2O2S2/c15-9-12-5-1-2-6-13(12)11-20(17,18)16-10-14-7-3-4-8-19-14/h1-2,5-6,14,16H,3-4,7-8,10-11H2. The number of thioether (sulfide) groups is 1. The molecule has 1 atom stereocenters. The smallest absolute Gasteiger partial charge is 0.214 e. The summed E-state index contributed by atoms with van der Waals surface area (Å²) >= 11 is 1.84. The quantitative estimate of drug-likeness (QED) is 0.905. The average Bonchev–Trinajstić information content (AvgIpc) is 2.47. The summed E-state index contributed by atoms with van der Waals surface area (Å²) in [5.41, 5.74) is 0.976. The van der Waals surface area contributed by atoms with E-state index in [-0.39, 0.29) is 5.75 Å². The SMILES string of the molecule is N#Cc1ccccc1CS(=O)(=O)NCC1CCCCS1. The topological polar surface area (TPSA) is 70.0 Å². The van der Waals surface area contributed by atoms with Gasteiger partial charge in [0.05, 0.1) is 17.4 Å². The molecule has 0 spiro atoms. The van der Waals surface area contributed by atoms with E-state index in [4.69, 9.17) is 5.26 Å². The maximum absolute atomic E-state index is 12.1. The van der Waals surface area contributed by atoms with E-state index in [1.807, 2.05) is 17.8 Å². The molecular weight excluding hydrogens is 292 g/mol. The number of benzene rings is 1. The number of nitrogens with one attached hydrogen (secondary N) is 1. The van der Waals surface area contributed by atoms with E-state index in [1.165, 1.54) is 12.8 Å². The number of nitrogens with zero attached hydrogens (tertiary/aromatic N) is 1. The lowest BCUT2D eigenvalue weighted by Gasteiger charge is -2.21. The maximum Gasteiger partial charge on any atom is 0.215 e. The number of nitriles is 1. The summed E-state index contributed by atoms with van der Waals surface area (Å²) < 4.78 is 26.8. The molecule has 4 nitrogen and oxygen atoms in total. The normalized spacial score (nSPS) is 19.4. The van der Waals surface area contributed by atoms with Gasteiger partial charge in [-0.3, -0.25) is 0 Å². The van der Waals surface area contributed by atoms with Crippen molar-refractivity contribution in [2.45, 2.75) is 30.3 Å². The molecule has 1 aliphatic heterocycles. The zero-order valence-electron chi connectivity index (χ0n) is 11.2. The highest BCUT2D eigenvalue weighted by Gasteiger charge is 2.18. The summed E-state index contributed by atoms with van der Waals surface area (Å²) in [6.45, 7) is 0.488. The number of hydrogen-bond acceptors (Lipinski definition) is 4. The summed E-state index contributed by atoms with van der Waals surface area (Å²) in [7, 11) is -3.38. The van der Waals surface area contributed by atoms with Crippen molar-refractivity contribution in [2.24, 2.45) is 0 Å². The van der Waals surface area contributed by atoms with Gasteiger partial charge in [-0.25, -0.2) is 13.1 Å². The Kier molecular flexibility index (Phi) is 5.46. The molecule has 2 rings (SSSR count). The third kappa shape index (κ3) is 4.51. The molecule has 0 bridgehead atoms. The fourth-order valence-corrected chi connectivity index (χ4v) is 4.76. The van der Waals surface area contributed by atoms with Gasteiger partial charge in [-0.2, -0.15) is 17.0 Å². The van der Waals surface area contributed by atoms with Crippen molar-refractivity contribution in [2.75, 3.05) is 12.3 Å². The number of rotatable bonds is 5. The minimum atomic E-state index is -3.38. The molecule has 1 unspecified atom stereocenters.